The zero-order valence-corrected chi connectivity index (χ0v) is 17.6. The van der Waals surface area contributed by atoms with Crippen molar-refractivity contribution in [3.05, 3.63) is 57.9 Å². The Balaban J connectivity index is 0.00000121. The fraction of sp³-hybridized carbons (Fsp3) is 0.294. The Hall–Kier alpha value is -0.249. The fourth-order valence-electron chi connectivity index (χ4n) is 2.90. The molecule has 0 bridgehead atoms. The number of fused-ring (bicyclic) bond motifs is 1. The van der Waals surface area contributed by atoms with Crippen molar-refractivity contribution < 1.29 is 44.0 Å². The summed E-state index contributed by atoms with van der Waals surface area (Å²) in [5.74, 6) is 0. The summed E-state index contributed by atoms with van der Waals surface area (Å²) in [5, 5.41) is 1.76. The van der Waals surface area contributed by atoms with Crippen LogP contribution >= 0.6 is 0 Å². The number of aromatic nitrogens is 1. The van der Waals surface area contributed by atoms with Crippen LogP contribution in [0.1, 0.15) is 26.5 Å². The van der Waals surface area contributed by atoms with Gasteiger partial charge in [0, 0.05) is 0 Å². The summed E-state index contributed by atoms with van der Waals surface area (Å²) >= 11 is -0.186. The van der Waals surface area contributed by atoms with Crippen molar-refractivity contribution in [3.8, 4) is 0 Å². The van der Waals surface area contributed by atoms with Gasteiger partial charge in [-0.05, 0) is 0 Å². The minimum absolute atomic E-state index is 0. The maximum Gasteiger partial charge on any atom is -1.00 e. The molecular formula is C17H21Cl2NSiTi. The largest absolute Gasteiger partial charge is 1.00 e. The van der Waals surface area contributed by atoms with E-state index in [1.807, 2.05) is 0 Å². The van der Waals surface area contributed by atoms with E-state index in [2.05, 4.69) is 68.5 Å². The molecule has 0 spiro atoms. The molecule has 0 radical (unpaired) electrons. The van der Waals surface area contributed by atoms with Crippen LogP contribution in [0.2, 0.25) is 13.1 Å². The van der Waals surface area contributed by atoms with Crippen LogP contribution in [0.4, 0.5) is 0 Å². The molecule has 22 heavy (non-hydrogen) atoms. The average molecular weight is 386 g/mol. The number of hydrogen-bond donors (Lipinski definition) is 1. The van der Waals surface area contributed by atoms with Crippen LogP contribution in [0, 0.1) is 13.8 Å². The number of rotatable bonds is 3. The summed E-state index contributed by atoms with van der Waals surface area (Å²) in [4.78, 5) is 3.53. The molecule has 0 saturated carbocycles. The van der Waals surface area contributed by atoms with Gasteiger partial charge < -0.3 is 24.8 Å². The third-order valence-corrected chi connectivity index (χ3v) is 9.39. The summed E-state index contributed by atoms with van der Waals surface area (Å²) < 4.78 is 2.25. The van der Waals surface area contributed by atoms with Gasteiger partial charge in [-0.25, -0.2) is 0 Å². The first-order chi connectivity index (χ1) is 9.58. The Bertz CT molecular complexity index is 679. The summed E-state index contributed by atoms with van der Waals surface area (Å²) in [6.45, 7) is 9.40. The number of aryl methyl sites for hydroxylation is 1. The predicted molar refractivity (Wildman–Crippen MR) is 85.9 cm³/mol. The molecule has 5 heteroatoms. The van der Waals surface area contributed by atoms with Gasteiger partial charge in [-0.3, -0.25) is 0 Å². The van der Waals surface area contributed by atoms with Crippen molar-refractivity contribution in [1.29, 1.82) is 0 Å². The van der Waals surface area contributed by atoms with E-state index in [1.54, 1.807) is 10.8 Å². The number of H-pyrrole nitrogens is 1. The maximum absolute atomic E-state index is 3.53. The van der Waals surface area contributed by atoms with E-state index >= 15 is 0 Å². The van der Waals surface area contributed by atoms with Crippen LogP contribution in [0.3, 0.4) is 0 Å². The Morgan fingerprint density at radius 3 is 2.36 bits per heavy atom. The monoisotopic (exact) mass is 385 g/mol. The molecule has 1 heterocycles. The third kappa shape index (κ3) is 3.63. The first-order valence-corrected chi connectivity index (χ1v) is 11.9. The minimum Gasteiger partial charge on any atom is -1.00 e. The van der Waals surface area contributed by atoms with Gasteiger partial charge >= 0.3 is 132 Å². The second-order valence-electron chi connectivity index (χ2n) is 5.98. The number of allylic oxidation sites excluding steroid dienone is 1. The molecule has 2 aromatic rings. The van der Waals surface area contributed by atoms with Crippen LogP contribution < -0.4 is 28.8 Å². The van der Waals surface area contributed by atoms with E-state index in [-0.39, 0.29) is 44.0 Å². The first-order valence-electron chi connectivity index (χ1n) is 7.29. The number of halogens is 2. The second-order valence-corrected chi connectivity index (χ2v) is 11.1. The first kappa shape index (κ1) is 19.8. The average Bonchev–Trinajstić information content (AvgIpc) is 2.95. The number of nitrogens with one attached hydrogen (secondary N) is 1. The van der Waals surface area contributed by atoms with Gasteiger partial charge in [0.05, 0.1) is 0 Å². The topological polar surface area (TPSA) is 15.8 Å². The molecule has 1 aliphatic rings. The second kappa shape index (κ2) is 8.03. The van der Waals surface area contributed by atoms with Crippen LogP contribution in [-0.2, 0) is 19.2 Å². The Labute approximate surface area is 156 Å². The van der Waals surface area contributed by atoms with E-state index in [4.69, 9.17) is 0 Å². The molecule has 0 saturated heterocycles. The molecule has 3 rings (SSSR count). The van der Waals surface area contributed by atoms with Gasteiger partial charge in [-0.1, -0.05) is 0 Å². The van der Waals surface area contributed by atoms with Crippen LogP contribution in [-0.4, -0.2) is 13.8 Å². The summed E-state index contributed by atoms with van der Waals surface area (Å²) in [6, 6.07) is 8.99. The van der Waals surface area contributed by atoms with Crippen molar-refractivity contribution >= 4 is 18.9 Å². The van der Waals surface area contributed by atoms with E-state index in [9.17, 15) is 0 Å². The van der Waals surface area contributed by atoms with Gasteiger partial charge in [-0.15, -0.1) is 0 Å². The molecule has 1 aromatic heterocycles. The van der Waals surface area contributed by atoms with Crippen molar-refractivity contribution in [2.45, 2.75) is 31.2 Å². The van der Waals surface area contributed by atoms with Crippen molar-refractivity contribution in [2.75, 3.05) is 0 Å². The van der Waals surface area contributed by atoms with Gasteiger partial charge in [-0.2, -0.15) is 0 Å². The zero-order chi connectivity index (χ0) is 14.3. The molecule has 0 aliphatic heterocycles. The summed E-state index contributed by atoms with van der Waals surface area (Å²) in [6.07, 6.45) is 4.66. The zero-order valence-electron chi connectivity index (χ0n) is 13.4. The van der Waals surface area contributed by atoms with E-state index < -0.39 is 8.80 Å². The van der Waals surface area contributed by atoms with Gasteiger partial charge in [0.15, 0.2) is 0 Å². The summed E-state index contributed by atoms with van der Waals surface area (Å²) in [7, 11) is -0.739. The van der Waals surface area contributed by atoms with Crippen LogP contribution in [0.5, 0.6) is 0 Å². The molecule has 1 aromatic carbocycles. The quantitative estimate of drug-likeness (QED) is 0.563. The molecule has 0 amide bonds. The van der Waals surface area contributed by atoms with Crippen molar-refractivity contribution in [1.82, 2.24) is 4.98 Å². The van der Waals surface area contributed by atoms with E-state index in [0.717, 1.165) is 4.22 Å². The van der Waals surface area contributed by atoms with E-state index in [0.29, 0.717) is 0 Å². The van der Waals surface area contributed by atoms with Crippen LogP contribution in [0.15, 0.2) is 35.7 Å². The Morgan fingerprint density at radius 2 is 1.77 bits per heavy atom. The third-order valence-electron chi connectivity index (χ3n) is 4.32. The number of benzene rings is 1. The number of hydrogen-bond acceptors (Lipinski definition) is 0. The molecule has 116 valence electrons. The molecule has 1 atom stereocenters. The molecule has 1 nitrogen and oxygen atoms in total. The molecule has 1 aliphatic carbocycles. The predicted octanol–water partition coefficient (Wildman–Crippen LogP) is -2.49. The summed E-state index contributed by atoms with van der Waals surface area (Å²) in [5.41, 5.74) is 5.94. The van der Waals surface area contributed by atoms with E-state index in [1.165, 1.54) is 20.7 Å². The normalized spacial score (nSPS) is 15.5. The van der Waals surface area contributed by atoms with Gasteiger partial charge in [0.1, 0.15) is 0 Å². The fourth-order valence-corrected chi connectivity index (χ4v) is 8.54. The standard InChI is InChI=1S/C11H13Si.C6H8N.2ClH.Ti/c1-12(2)11-7-9-5-3-4-6-10(9)8-11;1-5-3-7-4-6(5)2;;;/h3-8,12H,1-2H3;3,7H,1-2H3;2*1H;/q;;;;+2/p-2. The van der Waals surface area contributed by atoms with Gasteiger partial charge in [0.25, 0.3) is 0 Å². The number of aromatic amines is 1. The molecule has 0 fully saturated rings. The maximum atomic E-state index is 3.53. The van der Waals surface area contributed by atoms with Crippen molar-refractivity contribution in [2.24, 2.45) is 0 Å². The molecule has 1 unspecified atom stereocenters. The molecular weight excluding hydrogens is 365 g/mol. The smallest absolute Gasteiger partial charge is 1.00 e. The van der Waals surface area contributed by atoms with Crippen molar-refractivity contribution in [3.63, 3.8) is 0 Å². The SMILES string of the molecule is Cc1c[nH][c]([Ti+2][CH]2C([SiH](C)C)=Cc3ccccc32)c1C.[Cl-].[Cl-]. The minimum atomic E-state index is -0.739. The Kier molecular flexibility index (Phi) is 7.23. The van der Waals surface area contributed by atoms with Crippen LogP contribution in [0.25, 0.3) is 6.08 Å². The van der Waals surface area contributed by atoms with Gasteiger partial charge in [0.2, 0.25) is 0 Å². The Morgan fingerprint density at radius 1 is 1.09 bits per heavy atom. The molecule has 1 N–H and O–H groups in total.